The van der Waals surface area contributed by atoms with Gasteiger partial charge in [-0.15, -0.1) is 4.68 Å². The molecule has 1 aliphatic rings. The van der Waals surface area contributed by atoms with Crippen molar-refractivity contribution in [3.63, 3.8) is 0 Å². The van der Waals surface area contributed by atoms with Gasteiger partial charge in [0.25, 0.3) is 0 Å². The Balaban J connectivity index is 2.17. The molecule has 0 radical (unpaired) electrons. The Morgan fingerprint density at radius 3 is 2.89 bits per heavy atom. The zero-order chi connectivity index (χ0) is 13.4. The minimum Gasteiger partial charge on any atom is -0.239 e. The number of nitrogens with one attached hydrogen (secondary N) is 1. The Morgan fingerprint density at radius 1 is 1.42 bits per heavy atom. The number of fused-ring (bicyclic) bond motifs is 1. The van der Waals surface area contributed by atoms with Crippen molar-refractivity contribution >= 4 is 27.7 Å². The van der Waals surface area contributed by atoms with Crippen molar-refractivity contribution in [1.82, 2.24) is 10.1 Å². The summed E-state index contributed by atoms with van der Waals surface area (Å²) in [7, 11) is 0. The van der Waals surface area contributed by atoms with E-state index in [9.17, 15) is 4.79 Å². The molecule has 0 unspecified atom stereocenters. The third-order valence-electron chi connectivity index (χ3n) is 3.14. The van der Waals surface area contributed by atoms with Crippen molar-refractivity contribution in [3.8, 4) is 0 Å². The second-order valence-corrected chi connectivity index (χ2v) is 6.66. The Labute approximate surface area is 123 Å². The lowest BCUT2D eigenvalue weighted by Crippen LogP contribution is -2.55. The molecule has 1 aromatic heterocycles. The lowest BCUT2D eigenvalue weighted by Gasteiger charge is -2.24. The van der Waals surface area contributed by atoms with Gasteiger partial charge in [-0.05, 0) is 24.2 Å². The van der Waals surface area contributed by atoms with Gasteiger partial charge in [-0.25, -0.2) is 4.79 Å². The highest BCUT2D eigenvalue weighted by Crippen LogP contribution is 2.31. The molecule has 0 bridgehead atoms. The summed E-state index contributed by atoms with van der Waals surface area (Å²) in [6.45, 7) is 1.73. The molecular weight excluding hydrogens is 326 g/mol. The third-order valence-corrected chi connectivity index (χ3v) is 5.48. The first kappa shape index (κ1) is 12.9. The van der Waals surface area contributed by atoms with Gasteiger partial charge >= 0.3 is 10.7 Å². The van der Waals surface area contributed by atoms with Crippen LogP contribution in [0, 0.1) is 6.92 Å². The fraction of sp³-hybridized carbons (Fsp3) is 0.308. The maximum absolute atomic E-state index is 11.7. The minimum absolute atomic E-state index is 0.105. The summed E-state index contributed by atoms with van der Waals surface area (Å²) in [6, 6.07) is 10.3. The molecule has 98 valence electrons. The Bertz CT molecular complexity index is 659. The molecule has 19 heavy (non-hydrogen) atoms. The van der Waals surface area contributed by atoms with Crippen molar-refractivity contribution in [1.29, 1.82) is 0 Å². The normalized spacial score (nSPS) is 22.0. The van der Waals surface area contributed by atoms with Crippen LogP contribution >= 0.6 is 27.7 Å². The lowest BCUT2D eigenvalue weighted by atomic mass is 10.0. The number of aromatic amines is 1. The zero-order valence-corrected chi connectivity index (χ0v) is 12.7. The van der Waals surface area contributed by atoms with E-state index in [0.717, 1.165) is 10.9 Å². The van der Waals surface area contributed by atoms with E-state index in [-0.39, 0.29) is 16.4 Å². The van der Waals surface area contributed by atoms with E-state index in [2.05, 4.69) is 38.1 Å². The van der Waals surface area contributed by atoms with Crippen molar-refractivity contribution in [2.24, 2.45) is 0 Å². The number of hydrogen-bond acceptors (Lipinski definition) is 3. The number of benzene rings is 1. The van der Waals surface area contributed by atoms with Crippen molar-refractivity contribution < 1.29 is 4.68 Å². The molecule has 6 heteroatoms. The van der Waals surface area contributed by atoms with E-state index >= 15 is 0 Å². The van der Waals surface area contributed by atoms with Crippen LogP contribution < -0.4 is 10.2 Å². The summed E-state index contributed by atoms with van der Waals surface area (Å²) in [5, 5.41) is 5.26. The number of hydrogen-bond donors (Lipinski definition) is 1. The van der Waals surface area contributed by atoms with Crippen LogP contribution in [-0.4, -0.2) is 20.7 Å². The molecule has 0 spiro atoms. The molecule has 1 aromatic carbocycles. The summed E-state index contributed by atoms with van der Waals surface area (Å²) in [4.78, 5) is 14.8. The highest BCUT2D eigenvalue weighted by molar-refractivity contribution is 9.09. The van der Waals surface area contributed by atoms with Gasteiger partial charge in [0.05, 0.1) is 4.83 Å². The van der Waals surface area contributed by atoms with Gasteiger partial charge in [0.1, 0.15) is 0 Å². The summed E-state index contributed by atoms with van der Waals surface area (Å²) in [6.07, 6.45) is 0. The Kier molecular flexibility index (Phi) is 3.45. The molecule has 0 fully saturated rings. The van der Waals surface area contributed by atoms with Crippen LogP contribution in [0.3, 0.4) is 0 Å². The fourth-order valence-corrected chi connectivity index (χ4v) is 4.07. The number of thioether (sulfide) groups is 1. The largest absolute Gasteiger partial charge is 0.357 e. The second kappa shape index (κ2) is 5.09. The van der Waals surface area contributed by atoms with E-state index in [0.29, 0.717) is 5.69 Å². The quantitative estimate of drug-likeness (QED) is 0.637. The van der Waals surface area contributed by atoms with E-state index in [1.54, 1.807) is 18.7 Å². The van der Waals surface area contributed by atoms with E-state index in [4.69, 9.17) is 0 Å². The molecule has 2 aromatic rings. The molecule has 0 saturated heterocycles. The van der Waals surface area contributed by atoms with Crippen molar-refractivity contribution in [2.45, 2.75) is 22.9 Å². The topological polar surface area (TPSA) is 49.6 Å². The van der Waals surface area contributed by atoms with Crippen LogP contribution in [0.2, 0.25) is 0 Å². The monoisotopic (exact) mass is 338 g/mol. The number of rotatable bonds is 1. The lowest BCUT2D eigenvalue weighted by molar-refractivity contribution is -0.806. The molecule has 1 aliphatic heterocycles. The van der Waals surface area contributed by atoms with Crippen LogP contribution in [-0.2, 0) is 0 Å². The highest BCUT2D eigenvalue weighted by Gasteiger charge is 2.36. The molecule has 2 atom stereocenters. The predicted molar refractivity (Wildman–Crippen MR) is 77.8 cm³/mol. The number of halogens is 1. The van der Waals surface area contributed by atoms with Gasteiger partial charge in [0, 0.05) is 5.75 Å². The smallest absolute Gasteiger partial charge is 0.239 e. The number of nitrogens with zero attached hydrogens (tertiary/aromatic N) is 2. The number of alkyl halides is 1. The first-order valence-corrected chi connectivity index (χ1v) is 7.91. The van der Waals surface area contributed by atoms with Crippen LogP contribution in [0.5, 0.6) is 0 Å². The van der Waals surface area contributed by atoms with E-state index in [1.807, 2.05) is 22.9 Å². The maximum atomic E-state index is 11.7. The second-order valence-electron chi connectivity index (χ2n) is 4.47. The van der Waals surface area contributed by atoms with Crippen LogP contribution in [0.4, 0.5) is 0 Å². The Morgan fingerprint density at radius 2 is 2.16 bits per heavy atom. The minimum atomic E-state index is -0.112. The molecule has 0 aliphatic carbocycles. The summed E-state index contributed by atoms with van der Waals surface area (Å²) in [5.41, 5.74) is 1.57. The average molecular weight is 339 g/mol. The number of H-pyrrole nitrogens is 1. The first-order chi connectivity index (χ1) is 9.16. The maximum Gasteiger partial charge on any atom is 0.357 e. The molecule has 1 N–H and O–H groups in total. The molecule has 0 amide bonds. The van der Waals surface area contributed by atoms with E-state index in [1.165, 1.54) is 5.56 Å². The van der Waals surface area contributed by atoms with Gasteiger partial charge in [-0.2, -0.15) is 4.98 Å². The molecule has 3 rings (SSSR count). The van der Waals surface area contributed by atoms with Gasteiger partial charge < -0.3 is 0 Å². The summed E-state index contributed by atoms with van der Waals surface area (Å²) in [5.74, 6) is 0.903. The molecular formula is C13H13BrN3OS+. The Hall–Kier alpha value is -1.14. The van der Waals surface area contributed by atoms with Crippen molar-refractivity contribution in [3.05, 3.63) is 51.9 Å². The zero-order valence-electron chi connectivity index (χ0n) is 10.3. The SMILES string of the molecule is Cc1n[n+]2c([nH]c1=O)SC[C@@H](Br)[C@@H]2c1ccccc1. The fourth-order valence-electron chi connectivity index (χ4n) is 2.19. The van der Waals surface area contributed by atoms with Crippen LogP contribution in [0.15, 0.2) is 40.3 Å². The molecule has 0 saturated carbocycles. The molecule has 4 nitrogen and oxygen atoms in total. The standard InChI is InChI=1S/C13H12BrN3OS/c1-8-12(18)15-13-17(16-8)11(10(14)7-19-13)9-5-3-2-4-6-9/h2-6,10-11H,7H2,1H3/p+1/t10-,11+/m1/s1. The highest BCUT2D eigenvalue weighted by atomic mass is 79.9. The van der Waals surface area contributed by atoms with Gasteiger partial charge in [-0.3, -0.25) is 0 Å². The molecule has 2 heterocycles. The summed E-state index contributed by atoms with van der Waals surface area (Å²) >= 11 is 5.35. The van der Waals surface area contributed by atoms with Crippen LogP contribution in [0.25, 0.3) is 0 Å². The van der Waals surface area contributed by atoms with Gasteiger partial charge in [0.15, 0.2) is 11.7 Å². The van der Waals surface area contributed by atoms with E-state index < -0.39 is 0 Å². The summed E-state index contributed by atoms with van der Waals surface area (Å²) < 4.78 is 1.92. The number of aromatic nitrogens is 3. The average Bonchev–Trinajstić information content (AvgIpc) is 2.42. The first-order valence-electron chi connectivity index (χ1n) is 6.01. The third kappa shape index (κ3) is 2.34. The van der Waals surface area contributed by atoms with Gasteiger partial charge in [-0.1, -0.05) is 51.4 Å². The van der Waals surface area contributed by atoms with Crippen molar-refractivity contribution in [2.75, 3.05) is 5.75 Å². The predicted octanol–water partition coefficient (Wildman–Crippen LogP) is 1.82. The van der Waals surface area contributed by atoms with Crippen LogP contribution in [0.1, 0.15) is 17.3 Å². The number of aryl methyl sites for hydroxylation is 1. The van der Waals surface area contributed by atoms with Gasteiger partial charge in [0.2, 0.25) is 0 Å².